The molecule has 3 rings (SSSR count). The second kappa shape index (κ2) is 7.09. The number of carbonyl (C=O) groups excluding carboxylic acids is 1. The maximum absolute atomic E-state index is 12.0. The Morgan fingerprint density at radius 1 is 1.12 bits per heavy atom. The van der Waals surface area contributed by atoms with Crippen molar-refractivity contribution in [2.24, 2.45) is 0 Å². The minimum atomic E-state index is -0.623. The van der Waals surface area contributed by atoms with Crippen LogP contribution in [0.3, 0.4) is 0 Å². The number of benzene rings is 2. The van der Waals surface area contributed by atoms with Gasteiger partial charge in [-0.2, -0.15) is 0 Å². The fourth-order valence-electron chi connectivity index (χ4n) is 2.41. The van der Waals surface area contributed by atoms with Crippen LogP contribution in [0.1, 0.15) is 12.5 Å². The molecule has 0 saturated heterocycles. The summed E-state index contributed by atoms with van der Waals surface area (Å²) >= 11 is 0. The Balaban J connectivity index is 1.96. The van der Waals surface area contributed by atoms with E-state index in [4.69, 9.17) is 13.9 Å². The maximum Gasteiger partial charge on any atom is 0.360 e. The quantitative estimate of drug-likeness (QED) is 0.721. The molecule has 1 aromatic heterocycles. The van der Waals surface area contributed by atoms with E-state index < -0.39 is 5.63 Å². The van der Waals surface area contributed by atoms with Gasteiger partial charge in [0.15, 0.2) is 11.5 Å². The van der Waals surface area contributed by atoms with Gasteiger partial charge in [0.2, 0.25) is 5.91 Å². The van der Waals surface area contributed by atoms with Gasteiger partial charge in [-0.3, -0.25) is 4.79 Å². The molecule has 0 aliphatic rings. The topological polar surface area (TPSA) is 77.8 Å². The minimum Gasteiger partial charge on any atom is -0.493 e. The van der Waals surface area contributed by atoms with E-state index >= 15 is 0 Å². The summed E-state index contributed by atoms with van der Waals surface area (Å²) < 4.78 is 16.4. The highest BCUT2D eigenvalue weighted by atomic mass is 16.5. The maximum atomic E-state index is 12.0. The highest BCUT2D eigenvalue weighted by Crippen LogP contribution is 2.33. The largest absolute Gasteiger partial charge is 0.493 e. The molecule has 25 heavy (non-hydrogen) atoms. The Bertz CT molecular complexity index is 963. The third-order valence-electron chi connectivity index (χ3n) is 3.57. The Hall–Kier alpha value is -3.28. The molecule has 1 N–H and O–H groups in total. The number of methoxy groups -OCH3 is 1. The normalized spacial score (nSPS) is 10.5. The molecule has 0 saturated carbocycles. The highest BCUT2D eigenvalue weighted by Gasteiger charge is 2.12. The number of amides is 1. The fraction of sp³-hybridized carbons (Fsp3) is 0.158. The Morgan fingerprint density at radius 2 is 1.88 bits per heavy atom. The molecule has 1 heterocycles. The predicted octanol–water partition coefficient (Wildman–Crippen LogP) is 3.34. The van der Waals surface area contributed by atoms with E-state index in [1.54, 1.807) is 18.2 Å². The first kappa shape index (κ1) is 16.6. The lowest BCUT2D eigenvalue weighted by Gasteiger charge is -2.12. The number of rotatable bonds is 5. The first-order valence-electron chi connectivity index (χ1n) is 7.67. The summed E-state index contributed by atoms with van der Waals surface area (Å²) in [5.41, 5.74) is 0.817. The fourth-order valence-corrected chi connectivity index (χ4v) is 2.41. The van der Waals surface area contributed by atoms with Crippen molar-refractivity contribution in [3.63, 3.8) is 0 Å². The van der Waals surface area contributed by atoms with Crippen LogP contribution >= 0.6 is 0 Å². The Kier molecular flexibility index (Phi) is 4.70. The van der Waals surface area contributed by atoms with Crippen LogP contribution in [-0.4, -0.2) is 13.0 Å². The van der Waals surface area contributed by atoms with E-state index in [2.05, 4.69) is 5.32 Å². The average Bonchev–Trinajstić information content (AvgIpc) is 2.60. The molecule has 0 aliphatic carbocycles. The molecule has 6 nitrogen and oxygen atoms in total. The van der Waals surface area contributed by atoms with Crippen LogP contribution in [0.4, 0.5) is 5.69 Å². The smallest absolute Gasteiger partial charge is 0.360 e. The van der Waals surface area contributed by atoms with Gasteiger partial charge in [0, 0.05) is 18.4 Å². The first-order chi connectivity index (χ1) is 12.1. The van der Waals surface area contributed by atoms with Gasteiger partial charge in [0.25, 0.3) is 0 Å². The van der Waals surface area contributed by atoms with Crippen molar-refractivity contribution in [2.75, 3.05) is 12.4 Å². The molecule has 0 radical (unpaired) electrons. The van der Waals surface area contributed by atoms with Crippen LogP contribution in [0.5, 0.6) is 11.5 Å². The van der Waals surface area contributed by atoms with Crippen molar-refractivity contribution in [1.82, 2.24) is 0 Å². The Morgan fingerprint density at radius 3 is 2.56 bits per heavy atom. The van der Waals surface area contributed by atoms with E-state index in [1.165, 1.54) is 14.0 Å². The molecular formula is C19H17NO5. The highest BCUT2D eigenvalue weighted by molar-refractivity contribution is 5.91. The van der Waals surface area contributed by atoms with Crippen molar-refractivity contribution >= 4 is 22.6 Å². The second-order valence-corrected chi connectivity index (χ2v) is 5.44. The van der Waals surface area contributed by atoms with Gasteiger partial charge in [-0.25, -0.2) is 4.79 Å². The number of hydrogen-bond donors (Lipinski definition) is 1. The summed E-state index contributed by atoms with van der Waals surface area (Å²) in [6.45, 7) is 1.68. The summed E-state index contributed by atoms with van der Waals surface area (Å²) in [6, 6.07) is 14.5. The van der Waals surface area contributed by atoms with Crippen molar-refractivity contribution < 1.29 is 18.7 Å². The summed E-state index contributed by atoms with van der Waals surface area (Å²) in [5, 5.41) is 3.06. The molecule has 0 spiro atoms. The van der Waals surface area contributed by atoms with Gasteiger partial charge in [-0.05, 0) is 17.7 Å². The van der Waals surface area contributed by atoms with E-state index in [0.717, 1.165) is 5.56 Å². The number of fused-ring (bicyclic) bond motifs is 1. The molecule has 3 aromatic rings. The van der Waals surface area contributed by atoms with E-state index in [1.807, 2.05) is 30.3 Å². The Labute approximate surface area is 144 Å². The molecule has 1 amide bonds. The summed E-state index contributed by atoms with van der Waals surface area (Å²) in [4.78, 5) is 23.1. The molecular weight excluding hydrogens is 322 g/mol. The molecule has 0 aliphatic heterocycles. The lowest BCUT2D eigenvalue weighted by atomic mass is 10.2. The van der Waals surface area contributed by atoms with E-state index in [0.29, 0.717) is 29.1 Å². The molecule has 128 valence electrons. The summed E-state index contributed by atoms with van der Waals surface area (Å²) in [7, 11) is 1.53. The third-order valence-corrected chi connectivity index (χ3v) is 3.57. The summed E-state index contributed by atoms with van der Waals surface area (Å²) in [6.07, 6.45) is 0. The lowest BCUT2D eigenvalue weighted by Crippen LogP contribution is -2.14. The van der Waals surface area contributed by atoms with Gasteiger partial charge in [-0.15, -0.1) is 0 Å². The van der Waals surface area contributed by atoms with E-state index in [-0.39, 0.29) is 11.6 Å². The van der Waals surface area contributed by atoms with Crippen LogP contribution in [0, 0.1) is 0 Å². The average molecular weight is 339 g/mol. The SMILES string of the molecule is COc1cc2cc(NC(C)=O)c(=O)oc2cc1OCc1ccccc1. The van der Waals surface area contributed by atoms with Crippen molar-refractivity contribution in [1.29, 1.82) is 0 Å². The predicted molar refractivity (Wildman–Crippen MR) is 94.1 cm³/mol. The number of hydrogen-bond acceptors (Lipinski definition) is 5. The van der Waals surface area contributed by atoms with E-state index in [9.17, 15) is 9.59 Å². The van der Waals surface area contributed by atoms with Crippen molar-refractivity contribution in [3.8, 4) is 11.5 Å². The van der Waals surface area contributed by atoms with Crippen LogP contribution in [-0.2, 0) is 11.4 Å². The molecule has 0 atom stereocenters. The second-order valence-electron chi connectivity index (χ2n) is 5.44. The lowest BCUT2D eigenvalue weighted by molar-refractivity contribution is -0.114. The zero-order chi connectivity index (χ0) is 17.8. The first-order valence-corrected chi connectivity index (χ1v) is 7.67. The monoisotopic (exact) mass is 339 g/mol. The zero-order valence-corrected chi connectivity index (χ0v) is 13.9. The number of ether oxygens (including phenoxy) is 2. The van der Waals surface area contributed by atoms with Crippen LogP contribution in [0.2, 0.25) is 0 Å². The molecule has 0 unspecified atom stereocenters. The third kappa shape index (κ3) is 3.80. The van der Waals surface area contributed by atoms with Crippen molar-refractivity contribution in [3.05, 3.63) is 64.5 Å². The number of carbonyl (C=O) groups is 1. The van der Waals surface area contributed by atoms with Gasteiger partial charge in [0.05, 0.1) is 7.11 Å². The van der Waals surface area contributed by atoms with Gasteiger partial charge < -0.3 is 19.2 Å². The van der Waals surface area contributed by atoms with Crippen LogP contribution in [0.25, 0.3) is 11.0 Å². The molecule has 6 heteroatoms. The number of anilines is 1. The van der Waals surface area contributed by atoms with Crippen LogP contribution in [0.15, 0.2) is 57.7 Å². The van der Waals surface area contributed by atoms with Gasteiger partial charge in [0.1, 0.15) is 17.9 Å². The molecule has 2 aromatic carbocycles. The molecule has 0 fully saturated rings. The van der Waals surface area contributed by atoms with Gasteiger partial charge in [-0.1, -0.05) is 30.3 Å². The standard InChI is InChI=1S/C19H17NO5/c1-12(21)20-15-8-14-9-17(23-2)18(10-16(14)25-19(15)22)24-11-13-6-4-3-5-7-13/h3-10H,11H2,1-2H3,(H,20,21). The van der Waals surface area contributed by atoms with Crippen LogP contribution < -0.4 is 20.4 Å². The van der Waals surface area contributed by atoms with Gasteiger partial charge >= 0.3 is 5.63 Å². The molecule has 0 bridgehead atoms. The number of nitrogens with one attached hydrogen (secondary N) is 1. The minimum absolute atomic E-state index is 0.0833. The summed E-state index contributed by atoms with van der Waals surface area (Å²) in [5.74, 6) is 0.627. The zero-order valence-electron chi connectivity index (χ0n) is 13.9. The van der Waals surface area contributed by atoms with Crippen molar-refractivity contribution in [2.45, 2.75) is 13.5 Å².